The van der Waals surface area contributed by atoms with Crippen LogP contribution < -0.4 is 5.32 Å². The Hall–Kier alpha value is -0.300. The van der Waals surface area contributed by atoms with Crippen LogP contribution in [0, 0.1) is 29.6 Å². The summed E-state index contributed by atoms with van der Waals surface area (Å²) >= 11 is 0. The lowest BCUT2D eigenvalue weighted by Crippen LogP contribution is -2.44. The number of hydrogen-bond donors (Lipinski definition) is 1. The Balaban J connectivity index is 1.39. The van der Waals surface area contributed by atoms with E-state index in [0.717, 1.165) is 41.7 Å². The van der Waals surface area contributed by atoms with Crippen LogP contribution in [-0.2, 0) is 0 Å². The monoisotopic (exact) mass is 231 g/mol. The lowest BCUT2D eigenvalue weighted by molar-refractivity contribution is 0.274. The van der Waals surface area contributed by atoms with Gasteiger partial charge in [0.05, 0.1) is 0 Å². The largest absolute Gasteiger partial charge is 0.311 e. The van der Waals surface area contributed by atoms with Crippen molar-refractivity contribution in [3.63, 3.8) is 0 Å². The summed E-state index contributed by atoms with van der Waals surface area (Å²) in [5, 5.41) is 4.03. The topological polar surface area (TPSA) is 12.0 Å². The van der Waals surface area contributed by atoms with Crippen molar-refractivity contribution in [1.82, 2.24) is 5.32 Å². The van der Waals surface area contributed by atoms with Crippen LogP contribution in [-0.4, -0.2) is 12.1 Å². The molecule has 4 aliphatic rings. The van der Waals surface area contributed by atoms with E-state index >= 15 is 0 Å². The van der Waals surface area contributed by atoms with Gasteiger partial charge in [0.25, 0.3) is 0 Å². The maximum absolute atomic E-state index is 4.03. The van der Waals surface area contributed by atoms with E-state index in [1.165, 1.54) is 38.5 Å². The van der Waals surface area contributed by atoms with Crippen molar-refractivity contribution in [3.05, 3.63) is 12.2 Å². The van der Waals surface area contributed by atoms with E-state index in [2.05, 4.69) is 24.4 Å². The average molecular weight is 231 g/mol. The highest BCUT2D eigenvalue weighted by Gasteiger charge is 2.44. The fraction of sp³-hybridized carbons (Fsp3) is 0.875. The summed E-state index contributed by atoms with van der Waals surface area (Å²) < 4.78 is 0. The van der Waals surface area contributed by atoms with Gasteiger partial charge in [-0.15, -0.1) is 0 Å². The average Bonchev–Trinajstić information content (AvgIpc) is 3.26. The predicted molar refractivity (Wildman–Crippen MR) is 70.7 cm³/mol. The molecule has 3 fully saturated rings. The first kappa shape index (κ1) is 10.6. The molecule has 0 radical (unpaired) electrons. The maximum Gasteiger partial charge on any atom is 0.0126 e. The number of fused-ring (bicyclic) bond motifs is 2. The zero-order valence-electron chi connectivity index (χ0n) is 10.9. The Morgan fingerprint density at radius 3 is 2.18 bits per heavy atom. The second kappa shape index (κ2) is 3.85. The molecule has 1 nitrogen and oxygen atoms in total. The van der Waals surface area contributed by atoms with Gasteiger partial charge in [-0.1, -0.05) is 12.2 Å². The number of nitrogens with one attached hydrogen (secondary N) is 1. The number of hydrogen-bond acceptors (Lipinski definition) is 1. The van der Waals surface area contributed by atoms with E-state index < -0.39 is 0 Å². The standard InChI is InChI=1S/C16H25N/c1-10(15-9-11-2-3-14(15)8-11)17-16(12-4-5-12)13-6-7-13/h2-3,10-17H,4-9H2,1H3. The van der Waals surface area contributed by atoms with Crippen LogP contribution in [0.15, 0.2) is 12.2 Å². The predicted octanol–water partition coefficient (Wildman–Crippen LogP) is 3.37. The normalized spacial score (nSPS) is 41.4. The van der Waals surface area contributed by atoms with Gasteiger partial charge >= 0.3 is 0 Å². The SMILES string of the molecule is CC(NC(C1CC1)C1CC1)C1CC2C=CC1C2. The van der Waals surface area contributed by atoms with Crippen molar-refractivity contribution >= 4 is 0 Å². The Morgan fingerprint density at radius 1 is 1.00 bits per heavy atom. The molecule has 4 rings (SSSR count). The minimum Gasteiger partial charge on any atom is -0.311 e. The molecule has 0 spiro atoms. The van der Waals surface area contributed by atoms with E-state index in [1.807, 2.05) is 0 Å². The molecule has 1 heteroatoms. The molecule has 0 aromatic heterocycles. The maximum atomic E-state index is 4.03. The minimum absolute atomic E-state index is 0.751. The molecule has 0 heterocycles. The lowest BCUT2D eigenvalue weighted by atomic mass is 9.86. The van der Waals surface area contributed by atoms with Crippen LogP contribution in [0.4, 0.5) is 0 Å². The van der Waals surface area contributed by atoms with Crippen LogP contribution >= 0.6 is 0 Å². The Morgan fingerprint density at radius 2 is 1.71 bits per heavy atom. The zero-order chi connectivity index (χ0) is 11.4. The molecule has 3 saturated carbocycles. The highest BCUT2D eigenvalue weighted by molar-refractivity contribution is 5.12. The molecule has 0 saturated heterocycles. The molecule has 4 atom stereocenters. The first-order valence-electron chi connectivity index (χ1n) is 7.75. The third-order valence-corrected chi connectivity index (χ3v) is 5.69. The van der Waals surface area contributed by atoms with Crippen molar-refractivity contribution in [1.29, 1.82) is 0 Å². The Labute approximate surface area is 105 Å². The highest BCUT2D eigenvalue weighted by Crippen LogP contribution is 2.47. The van der Waals surface area contributed by atoms with Crippen molar-refractivity contribution in [2.24, 2.45) is 29.6 Å². The van der Waals surface area contributed by atoms with Crippen molar-refractivity contribution < 1.29 is 0 Å². The van der Waals surface area contributed by atoms with Crippen LogP contribution in [0.5, 0.6) is 0 Å². The number of allylic oxidation sites excluding steroid dienone is 2. The third-order valence-electron chi connectivity index (χ3n) is 5.69. The molecule has 94 valence electrons. The van der Waals surface area contributed by atoms with Gasteiger partial charge in [-0.25, -0.2) is 0 Å². The second-order valence-corrected chi connectivity index (χ2v) is 7.10. The fourth-order valence-corrected chi connectivity index (χ4v) is 4.39. The van der Waals surface area contributed by atoms with Gasteiger partial charge in [0.15, 0.2) is 0 Å². The van der Waals surface area contributed by atoms with Gasteiger partial charge in [0.1, 0.15) is 0 Å². The van der Waals surface area contributed by atoms with Crippen molar-refractivity contribution in [3.8, 4) is 0 Å². The fourth-order valence-electron chi connectivity index (χ4n) is 4.39. The molecule has 4 aliphatic carbocycles. The molecule has 0 amide bonds. The molecule has 4 unspecified atom stereocenters. The van der Waals surface area contributed by atoms with Gasteiger partial charge < -0.3 is 5.32 Å². The molecule has 0 aromatic rings. The highest BCUT2D eigenvalue weighted by atomic mass is 15.0. The summed E-state index contributed by atoms with van der Waals surface area (Å²) in [6.45, 7) is 2.46. The van der Waals surface area contributed by atoms with Gasteiger partial charge in [-0.05, 0) is 75.0 Å². The number of rotatable bonds is 5. The summed E-state index contributed by atoms with van der Waals surface area (Å²) in [4.78, 5) is 0. The van der Waals surface area contributed by atoms with E-state index in [-0.39, 0.29) is 0 Å². The molecule has 1 N–H and O–H groups in total. The second-order valence-electron chi connectivity index (χ2n) is 7.10. The van der Waals surface area contributed by atoms with Crippen LogP contribution in [0.2, 0.25) is 0 Å². The molecular weight excluding hydrogens is 206 g/mol. The first-order valence-corrected chi connectivity index (χ1v) is 7.75. The summed E-state index contributed by atoms with van der Waals surface area (Å²) in [5.41, 5.74) is 0. The van der Waals surface area contributed by atoms with Crippen LogP contribution in [0.3, 0.4) is 0 Å². The van der Waals surface area contributed by atoms with E-state index in [9.17, 15) is 0 Å². The van der Waals surface area contributed by atoms with Crippen molar-refractivity contribution in [2.45, 2.75) is 57.5 Å². The Kier molecular flexibility index (Phi) is 2.40. The summed E-state index contributed by atoms with van der Waals surface area (Å²) in [6.07, 6.45) is 13.9. The van der Waals surface area contributed by atoms with Gasteiger partial charge in [-0.2, -0.15) is 0 Å². The van der Waals surface area contributed by atoms with Gasteiger partial charge in [-0.3, -0.25) is 0 Å². The van der Waals surface area contributed by atoms with Gasteiger partial charge in [0, 0.05) is 12.1 Å². The minimum atomic E-state index is 0.751. The molecular formula is C16H25N. The van der Waals surface area contributed by atoms with Gasteiger partial charge in [0.2, 0.25) is 0 Å². The van der Waals surface area contributed by atoms with Crippen LogP contribution in [0.1, 0.15) is 45.4 Å². The Bertz CT molecular complexity index is 314. The van der Waals surface area contributed by atoms with Crippen LogP contribution in [0.25, 0.3) is 0 Å². The third kappa shape index (κ3) is 1.97. The summed E-state index contributed by atoms with van der Waals surface area (Å²) in [5.74, 6) is 4.85. The molecule has 17 heavy (non-hydrogen) atoms. The molecule has 0 aliphatic heterocycles. The zero-order valence-corrected chi connectivity index (χ0v) is 10.9. The summed E-state index contributed by atoms with van der Waals surface area (Å²) in [6, 6.07) is 1.63. The van der Waals surface area contributed by atoms with E-state index in [1.54, 1.807) is 0 Å². The smallest absolute Gasteiger partial charge is 0.0126 e. The molecule has 2 bridgehead atoms. The van der Waals surface area contributed by atoms with E-state index in [4.69, 9.17) is 0 Å². The quantitative estimate of drug-likeness (QED) is 0.715. The molecule has 0 aromatic carbocycles. The summed E-state index contributed by atoms with van der Waals surface area (Å²) in [7, 11) is 0. The van der Waals surface area contributed by atoms with Crippen molar-refractivity contribution in [2.75, 3.05) is 0 Å². The lowest BCUT2D eigenvalue weighted by Gasteiger charge is -2.31. The first-order chi connectivity index (χ1) is 8.31. The van der Waals surface area contributed by atoms with E-state index in [0.29, 0.717) is 0 Å².